The minimum Gasteiger partial charge on any atom is -0.434 e. The molecule has 142 valence electrons. The number of nitrogens with two attached hydrogens (primary N) is 1. The maximum absolute atomic E-state index is 12.7. The lowest BCUT2D eigenvalue weighted by Crippen LogP contribution is -2.50. The Morgan fingerprint density at radius 1 is 0.926 bits per heavy atom. The Bertz CT molecular complexity index is 836. The average Bonchev–Trinajstić information content (AvgIpc) is 2.67. The van der Waals surface area contributed by atoms with Crippen molar-refractivity contribution >= 4 is 17.5 Å². The van der Waals surface area contributed by atoms with Crippen LogP contribution in [0, 0.1) is 0 Å². The molecule has 2 aromatic rings. The predicted octanol–water partition coefficient (Wildman–Crippen LogP) is 2.47. The second-order valence-electron chi connectivity index (χ2n) is 6.08. The molecule has 2 amide bonds. The summed E-state index contributed by atoms with van der Waals surface area (Å²) in [6.07, 6.45) is 0. The molecule has 0 atom stereocenters. The third-order valence-electron chi connectivity index (χ3n) is 4.32. The van der Waals surface area contributed by atoms with Crippen molar-refractivity contribution in [2.24, 2.45) is 0 Å². The highest BCUT2D eigenvalue weighted by atomic mass is 19.3. The molecule has 0 aliphatic carbocycles. The molecule has 6 nitrogen and oxygen atoms in total. The number of anilines is 1. The zero-order valence-corrected chi connectivity index (χ0v) is 14.5. The van der Waals surface area contributed by atoms with Crippen molar-refractivity contribution < 1.29 is 23.1 Å². The fraction of sp³-hybridized carbons (Fsp3) is 0.263. The molecular weight excluding hydrogens is 356 g/mol. The Hall–Kier alpha value is -3.16. The highest BCUT2D eigenvalue weighted by Crippen LogP contribution is 2.23. The maximum Gasteiger partial charge on any atom is 0.387 e. The minimum atomic E-state index is -3.01. The van der Waals surface area contributed by atoms with Crippen LogP contribution in [-0.4, -0.2) is 54.4 Å². The number of hydrogen-bond acceptors (Lipinski definition) is 4. The number of piperazine rings is 1. The third-order valence-corrected chi connectivity index (χ3v) is 4.32. The smallest absolute Gasteiger partial charge is 0.387 e. The summed E-state index contributed by atoms with van der Waals surface area (Å²) in [5, 5.41) is 0. The largest absolute Gasteiger partial charge is 0.434 e. The van der Waals surface area contributed by atoms with Crippen LogP contribution < -0.4 is 10.5 Å². The first kappa shape index (κ1) is 18.6. The number of halogens is 2. The van der Waals surface area contributed by atoms with Crippen LogP contribution in [0.15, 0.2) is 48.5 Å². The molecule has 3 rings (SSSR count). The van der Waals surface area contributed by atoms with Gasteiger partial charge in [0.15, 0.2) is 0 Å². The van der Waals surface area contributed by atoms with Crippen molar-refractivity contribution in [3.05, 3.63) is 59.7 Å². The van der Waals surface area contributed by atoms with Crippen molar-refractivity contribution in [2.45, 2.75) is 6.61 Å². The van der Waals surface area contributed by atoms with Gasteiger partial charge in [0, 0.05) is 37.4 Å². The molecule has 0 unspecified atom stereocenters. The van der Waals surface area contributed by atoms with Crippen LogP contribution >= 0.6 is 0 Å². The monoisotopic (exact) mass is 375 g/mol. The first-order valence-corrected chi connectivity index (χ1v) is 8.43. The molecular formula is C19H19F2N3O3. The second-order valence-corrected chi connectivity index (χ2v) is 6.08. The molecule has 0 radical (unpaired) electrons. The van der Waals surface area contributed by atoms with E-state index in [2.05, 4.69) is 4.74 Å². The number of carbonyl (C=O) groups excluding carboxylic acids is 2. The molecule has 2 N–H and O–H groups in total. The lowest BCUT2D eigenvalue weighted by atomic mass is 10.1. The predicted molar refractivity (Wildman–Crippen MR) is 95.7 cm³/mol. The lowest BCUT2D eigenvalue weighted by Gasteiger charge is -2.35. The molecule has 1 aliphatic heterocycles. The van der Waals surface area contributed by atoms with E-state index in [0.29, 0.717) is 37.4 Å². The van der Waals surface area contributed by atoms with Crippen molar-refractivity contribution in [3.8, 4) is 5.75 Å². The van der Waals surface area contributed by atoms with Crippen molar-refractivity contribution in [2.75, 3.05) is 31.9 Å². The molecule has 1 heterocycles. The molecule has 0 spiro atoms. The molecule has 1 aliphatic rings. The van der Waals surface area contributed by atoms with Crippen LogP contribution in [-0.2, 0) is 0 Å². The van der Waals surface area contributed by atoms with E-state index in [-0.39, 0.29) is 17.2 Å². The van der Waals surface area contributed by atoms with E-state index in [1.165, 1.54) is 23.1 Å². The van der Waals surface area contributed by atoms with Crippen LogP contribution in [0.25, 0.3) is 0 Å². The Balaban J connectivity index is 1.66. The fourth-order valence-electron chi connectivity index (χ4n) is 2.98. The SMILES string of the molecule is Nc1cccc(C(=O)N2CCN(C(=O)c3ccccc3OC(F)F)CC2)c1. The van der Waals surface area contributed by atoms with Gasteiger partial charge in [0.05, 0.1) is 5.56 Å². The second kappa shape index (κ2) is 8.03. The fourth-order valence-corrected chi connectivity index (χ4v) is 2.98. The van der Waals surface area contributed by atoms with E-state index < -0.39 is 12.5 Å². The Labute approximate surface area is 155 Å². The van der Waals surface area contributed by atoms with Gasteiger partial charge < -0.3 is 20.3 Å². The summed E-state index contributed by atoms with van der Waals surface area (Å²) in [6, 6.07) is 12.6. The van der Waals surface area contributed by atoms with Gasteiger partial charge in [-0.2, -0.15) is 8.78 Å². The molecule has 0 saturated carbocycles. The third kappa shape index (κ3) is 4.33. The number of benzene rings is 2. The number of nitrogens with zero attached hydrogens (tertiary/aromatic N) is 2. The standard InChI is InChI=1S/C19H19F2N3O3/c20-19(21)27-16-7-2-1-6-15(16)18(26)24-10-8-23(9-11-24)17(25)13-4-3-5-14(22)12-13/h1-7,12,19H,8-11,22H2. The van der Waals surface area contributed by atoms with Crippen LogP contribution in [0.3, 0.4) is 0 Å². The molecule has 8 heteroatoms. The maximum atomic E-state index is 12.7. The number of nitrogen functional groups attached to an aromatic ring is 1. The lowest BCUT2D eigenvalue weighted by molar-refractivity contribution is -0.0503. The Kier molecular flexibility index (Phi) is 5.54. The molecule has 2 aromatic carbocycles. The van der Waals surface area contributed by atoms with Crippen LogP contribution in [0.2, 0.25) is 0 Å². The summed E-state index contributed by atoms with van der Waals surface area (Å²) in [4.78, 5) is 28.4. The minimum absolute atomic E-state index is 0.0772. The summed E-state index contributed by atoms with van der Waals surface area (Å²) in [5.41, 5.74) is 6.79. The number of carbonyl (C=O) groups is 2. The van der Waals surface area contributed by atoms with E-state index in [0.717, 1.165) is 0 Å². The summed E-state index contributed by atoms with van der Waals surface area (Å²) in [6.45, 7) is -1.72. The number of ether oxygens (including phenoxy) is 1. The topological polar surface area (TPSA) is 75.9 Å². The van der Waals surface area contributed by atoms with Crippen molar-refractivity contribution in [3.63, 3.8) is 0 Å². The number of amides is 2. The summed E-state index contributed by atoms with van der Waals surface area (Å²) in [5.74, 6) is -0.714. The van der Waals surface area contributed by atoms with Gasteiger partial charge in [-0.3, -0.25) is 9.59 Å². The zero-order valence-electron chi connectivity index (χ0n) is 14.5. The number of para-hydroxylation sites is 1. The molecule has 1 saturated heterocycles. The summed E-state index contributed by atoms with van der Waals surface area (Å²) < 4.78 is 29.5. The van der Waals surface area contributed by atoms with Gasteiger partial charge in [-0.25, -0.2) is 0 Å². The highest BCUT2D eigenvalue weighted by Gasteiger charge is 2.27. The summed E-state index contributed by atoms with van der Waals surface area (Å²) in [7, 11) is 0. The van der Waals surface area contributed by atoms with Crippen LogP contribution in [0.1, 0.15) is 20.7 Å². The van der Waals surface area contributed by atoms with Gasteiger partial charge in [0.2, 0.25) is 0 Å². The van der Waals surface area contributed by atoms with Crippen molar-refractivity contribution in [1.29, 1.82) is 0 Å². The first-order valence-electron chi connectivity index (χ1n) is 8.43. The first-order chi connectivity index (χ1) is 13.0. The average molecular weight is 375 g/mol. The zero-order chi connectivity index (χ0) is 19.4. The molecule has 0 aromatic heterocycles. The van der Waals surface area contributed by atoms with E-state index in [1.54, 1.807) is 35.2 Å². The molecule has 0 bridgehead atoms. The van der Waals surface area contributed by atoms with Gasteiger partial charge in [-0.1, -0.05) is 18.2 Å². The summed E-state index contributed by atoms with van der Waals surface area (Å²) >= 11 is 0. The van der Waals surface area contributed by atoms with Gasteiger partial charge >= 0.3 is 6.61 Å². The van der Waals surface area contributed by atoms with Gasteiger partial charge in [0.25, 0.3) is 11.8 Å². The normalized spacial score (nSPS) is 14.3. The highest BCUT2D eigenvalue weighted by molar-refractivity contribution is 5.98. The van der Waals surface area contributed by atoms with Crippen LogP contribution in [0.5, 0.6) is 5.75 Å². The quantitative estimate of drug-likeness (QED) is 0.833. The van der Waals surface area contributed by atoms with Gasteiger partial charge in [-0.05, 0) is 30.3 Å². The van der Waals surface area contributed by atoms with E-state index in [9.17, 15) is 18.4 Å². The van der Waals surface area contributed by atoms with Gasteiger partial charge in [0.1, 0.15) is 5.75 Å². The van der Waals surface area contributed by atoms with Gasteiger partial charge in [-0.15, -0.1) is 0 Å². The molecule has 1 fully saturated rings. The Morgan fingerprint density at radius 2 is 1.56 bits per heavy atom. The van der Waals surface area contributed by atoms with E-state index in [1.807, 2.05) is 0 Å². The number of rotatable bonds is 4. The molecule has 27 heavy (non-hydrogen) atoms. The van der Waals surface area contributed by atoms with E-state index in [4.69, 9.17) is 5.73 Å². The number of hydrogen-bond donors (Lipinski definition) is 1. The van der Waals surface area contributed by atoms with E-state index >= 15 is 0 Å². The van der Waals surface area contributed by atoms with Crippen molar-refractivity contribution in [1.82, 2.24) is 9.80 Å². The number of alkyl halides is 2. The van der Waals surface area contributed by atoms with Crippen LogP contribution in [0.4, 0.5) is 14.5 Å². The Morgan fingerprint density at radius 3 is 2.19 bits per heavy atom.